The number of nitrogens with zero attached hydrogens (tertiary/aromatic N) is 5. The molecule has 0 fully saturated rings. The van der Waals surface area contributed by atoms with Gasteiger partial charge in [0.1, 0.15) is 0 Å². The third-order valence-corrected chi connectivity index (χ3v) is 3.85. The quantitative estimate of drug-likeness (QED) is 0.677. The van der Waals surface area contributed by atoms with E-state index in [1.54, 1.807) is 19.4 Å². The highest BCUT2D eigenvalue weighted by atomic mass is 32.2. The molecular formula is C14H15N5O2S. The number of methoxy groups -OCH3 is 1. The van der Waals surface area contributed by atoms with Gasteiger partial charge in [0, 0.05) is 24.0 Å². The molecule has 114 valence electrons. The molecule has 3 aromatic rings. The van der Waals surface area contributed by atoms with Crippen LogP contribution in [0.4, 0.5) is 0 Å². The molecule has 0 aliphatic carbocycles. The van der Waals surface area contributed by atoms with Crippen LogP contribution in [0.25, 0.3) is 5.78 Å². The highest BCUT2D eigenvalue weighted by molar-refractivity contribution is 7.98. The average Bonchev–Trinajstić information content (AvgIpc) is 2.97. The summed E-state index contributed by atoms with van der Waals surface area (Å²) in [6.07, 6.45) is 3.63. The molecule has 22 heavy (non-hydrogen) atoms. The second kappa shape index (κ2) is 5.80. The first kappa shape index (κ1) is 14.6. The summed E-state index contributed by atoms with van der Waals surface area (Å²) in [7, 11) is 1.58. The van der Waals surface area contributed by atoms with Crippen LogP contribution in [0.2, 0.25) is 0 Å². The van der Waals surface area contributed by atoms with Crippen molar-refractivity contribution in [3.05, 3.63) is 46.0 Å². The van der Waals surface area contributed by atoms with Gasteiger partial charge >= 0.3 is 0 Å². The first-order chi connectivity index (χ1) is 10.6. The predicted molar refractivity (Wildman–Crippen MR) is 83.7 cm³/mol. The molecule has 0 saturated carbocycles. The summed E-state index contributed by atoms with van der Waals surface area (Å²) in [5, 5.41) is 4.77. The largest absolute Gasteiger partial charge is 0.481 e. The molecule has 0 amide bonds. The van der Waals surface area contributed by atoms with Crippen LogP contribution < -0.4 is 10.3 Å². The maximum atomic E-state index is 12.0. The van der Waals surface area contributed by atoms with Gasteiger partial charge in [-0.05, 0) is 18.7 Å². The van der Waals surface area contributed by atoms with E-state index in [9.17, 15) is 4.79 Å². The second-order valence-electron chi connectivity index (χ2n) is 4.73. The Morgan fingerprint density at radius 2 is 2.18 bits per heavy atom. The van der Waals surface area contributed by atoms with Crippen molar-refractivity contribution in [2.45, 2.75) is 18.6 Å². The van der Waals surface area contributed by atoms with Crippen molar-refractivity contribution >= 4 is 17.5 Å². The number of thioether (sulfide) groups is 1. The van der Waals surface area contributed by atoms with Gasteiger partial charge in [0.05, 0.1) is 13.7 Å². The molecule has 0 atom stereocenters. The van der Waals surface area contributed by atoms with E-state index < -0.39 is 0 Å². The Hall–Kier alpha value is -2.35. The number of pyridine rings is 1. The average molecular weight is 317 g/mol. The zero-order valence-corrected chi connectivity index (χ0v) is 13.3. The fourth-order valence-corrected chi connectivity index (χ4v) is 2.51. The second-order valence-corrected chi connectivity index (χ2v) is 5.50. The van der Waals surface area contributed by atoms with Gasteiger partial charge in [-0.25, -0.2) is 4.98 Å². The minimum Gasteiger partial charge on any atom is -0.481 e. The lowest BCUT2D eigenvalue weighted by molar-refractivity contribution is 0.397. The SMILES string of the molecule is COc1ccc(Cn2c(C)cc(=O)n3nc(SC)nc23)cn1. The molecule has 8 heteroatoms. The van der Waals surface area contributed by atoms with E-state index in [1.165, 1.54) is 16.3 Å². The number of hydrogen-bond acceptors (Lipinski definition) is 6. The number of aryl methyl sites for hydroxylation is 1. The third-order valence-electron chi connectivity index (χ3n) is 3.31. The van der Waals surface area contributed by atoms with Crippen molar-refractivity contribution < 1.29 is 4.74 Å². The summed E-state index contributed by atoms with van der Waals surface area (Å²) >= 11 is 1.40. The van der Waals surface area contributed by atoms with Crippen LogP contribution in [0.15, 0.2) is 34.3 Å². The molecule has 0 bridgehead atoms. The number of hydrogen-bond donors (Lipinski definition) is 0. The Labute approximate surface area is 131 Å². The zero-order chi connectivity index (χ0) is 15.7. The highest BCUT2D eigenvalue weighted by Gasteiger charge is 2.12. The van der Waals surface area contributed by atoms with Crippen LogP contribution in [-0.2, 0) is 6.54 Å². The minimum absolute atomic E-state index is 0.176. The standard InChI is InChI=1S/C14H15N5O2S/c1-9-6-12(20)19-14(16-13(17-19)22-3)18(9)8-10-4-5-11(21-2)15-7-10/h4-7H,8H2,1-3H3. The van der Waals surface area contributed by atoms with Gasteiger partial charge < -0.3 is 9.30 Å². The predicted octanol–water partition coefficient (Wildman–Crippen LogP) is 1.37. The van der Waals surface area contributed by atoms with Gasteiger partial charge in [-0.15, -0.1) is 5.10 Å². The van der Waals surface area contributed by atoms with E-state index >= 15 is 0 Å². The van der Waals surface area contributed by atoms with Gasteiger partial charge in [0.2, 0.25) is 16.8 Å². The minimum atomic E-state index is -0.176. The lowest BCUT2D eigenvalue weighted by atomic mass is 10.2. The van der Waals surface area contributed by atoms with Crippen LogP contribution in [0.3, 0.4) is 0 Å². The Morgan fingerprint density at radius 1 is 1.36 bits per heavy atom. The lowest BCUT2D eigenvalue weighted by Gasteiger charge is -2.11. The normalized spacial score (nSPS) is 11.0. The fourth-order valence-electron chi connectivity index (χ4n) is 2.17. The molecule has 0 aliphatic rings. The fraction of sp³-hybridized carbons (Fsp3) is 0.286. The maximum Gasteiger partial charge on any atom is 0.275 e. The molecular weight excluding hydrogens is 302 g/mol. The van der Waals surface area contributed by atoms with Crippen LogP contribution in [0.1, 0.15) is 11.3 Å². The number of rotatable bonds is 4. The molecule has 0 N–H and O–H groups in total. The van der Waals surface area contributed by atoms with Crippen LogP contribution in [-0.4, -0.2) is 37.5 Å². The van der Waals surface area contributed by atoms with E-state index in [0.717, 1.165) is 11.3 Å². The topological polar surface area (TPSA) is 74.3 Å². The van der Waals surface area contributed by atoms with E-state index in [2.05, 4.69) is 15.1 Å². The van der Waals surface area contributed by atoms with Gasteiger partial charge in [0.15, 0.2) is 0 Å². The molecule has 3 rings (SSSR count). The summed E-state index contributed by atoms with van der Waals surface area (Å²) in [5.74, 6) is 1.10. The highest BCUT2D eigenvalue weighted by Crippen LogP contribution is 2.14. The third kappa shape index (κ3) is 2.57. The van der Waals surface area contributed by atoms with E-state index in [0.29, 0.717) is 23.4 Å². The molecule has 0 aliphatic heterocycles. The van der Waals surface area contributed by atoms with Crippen molar-refractivity contribution in [1.82, 2.24) is 24.1 Å². The molecule has 0 radical (unpaired) electrons. The monoisotopic (exact) mass is 317 g/mol. The number of ether oxygens (including phenoxy) is 1. The summed E-state index contributed by atoms with van der Waals surface area (Å²) in [6.45, 7) is 2.44. The first-order valence-electron chi connectivity index (χ1n) is 6.62. The van der Waals surface area contributed by atoms with Crippen molar-refractivity contribution in [3.8, 4) is 5.88 Å². The smallest absolute Gasteiger partial charge is 0.275 e. The molecule has 3 aromatic heterocycles. The summed E-state index contributed by atoms with van der Waals surface area (Å²) in [5.41, 5.74) is 1.64. The van der Waals surface area contributed by atoms with Crippen LogP contribution in [0, 0.1) is 6.92 Å². The van der Waals surface area contributed by atoms with Crippen molar-refractivity contribution in [3.63, 3.8) is 0 Å². The number of aromatic nitrogens is 5. The van der Waals surface area contributed by atoms with Crippen molar-refractivity contribution in [2.24, 2.45) is 0 Å². The van der Waals surface area contributed by atoms with E-state index in [4.69, 9.17) is 4.74 Å². The van der Waals surface area contributed by atoms with Crippen molar-refractivity contribution in [2.75, 3.05) is 13.4 Å². The molecule has 7 nitrogen and oxygen atoms in total. The Kier molecular flexibility index (Phi) is 3.84. The molecule has 0 saturated heterocycles. The van der Waals surface area contributed by atoms with Gasteiger partial charge in [0.25, 0.3) is 5.56 Å². The van der Waals surface area contributed by atoms with Gasteiger partial charge in [-0.3, -0.25) is 4.79 Å². The summed E-state index contributed by atoms with van der Waals surface area (Å²) in [6, 6.07) is 5.30. The Morgan fingerprint density at radius 3 is 2.82 bits per heavy atom. The van der Waals surface area contributed by atoms with Gasteiger partial charge in [-0.2, -0.15) is 9.50 Å². The Balaban J connectivity index is 2.08. The van der Waals surface area contributed by atoms with Gasteiger partial charge in [-0.1, -0.05) is 17.8 Å². The molecule has 3 heterocycles. The van der Waals surface area contributed by atoms with Crippen LogP contribution >= 0.6 is 11.8 Å². The molecule has 0 unspecified atom stereocenters. The first-order valence-corrected chi connectivity index (χ1v) is 7.85. The summed E-state index contributed by atoms with van der Waals surface area (Å²) < 4.78 is 8.33. The van der Waals surface area contributed by atoms with Crippen LogP contribution in [0.5, 0.6) is 5.88 Å². The van der Waals surface area contributed by atoms with E-state index in [1.807, 2.05) is 29.9 Å². The zero-order valence-electron chi connectivity index (χ0n) is 12.5. The summed E-state index contributed by atoms with van der Waals surface area (Å²) in [4.78, 5) is 20.6. The number of fused-ring (bicyclic) bond motifs is 1. The van der Waals surface area contributed by atoms with Crippen molar-refractivity contribution in [1.29, 1.82) is 0 Å². The maximum absolute atomic E-state index is 12.0. The Bertz CT molecular complexity index is 869. The molecule has 0 spiro atoms. The lowest BCUT2D eigenvalue weighted by Crippen LogP contribution is -2.20. The molecule has 0 aromatic carbocycles. The van der Waals surface area contributed by atoms with E-state index in [-0.39, 0.29) is 5.56 Å².